The van der Waals surface area contributed by atoms with Gasteiger partial charge in [0.2, 0.25) is 0 Å². The fraction of sp³-hybridized carbons (Fsp3) is 0.800. The van der Waals surface area contributed by atoms with Gasteiger partial charge in [-0.15, -0.1) is 0 Å². The third kappa shape index (κ3) is 3.87. The van der Waals surface area contributed by atoms with Crippen LogP contribution in [0.15, 0.2) is 0 Å². The summed E-state index contributed by atoms with van der Waals surface area (Å²) in [6, 6.07) is 0. The molecule has 0 radical (unpaired) electrons. The summed E-state index contributed by atoms with van der Waals surface area (Å²) in [6.45, 7) is 4.18. The molecule has 0 aromatic carbocycles. The van der Waals surface area contributed by atoms with Crippen LogP contribution in [0.25, 0.3) is 0 Å². The van der Waals surface area contributed by atoms with Crippen molar-refractivity contribution in [1.29, 1.82) is 0 Å². The number of ether oxygens (including phenoxy) is 2. The van der Waals surface area contributed by atoms with Gasteiger partial charge in [0.1, 0.15) is 6.10 Å². The summed E-state index contributed by atoms with van der Waals surface area (Å²) in [6.07, 6.45) is 0.0568. The third-order valence-corrected chi connectivity index (χ3v) is 2.34. The first-order valence-electron chi connectivity index (χ1n) is 5.02. The van der Waals surface area contributed by atoms with Gasteiger partial charge in [-0.3, -0.25) is 9.59 Å². The fourth-order valence-electron chi connectivity index (χ4n) is 1.72. The molecule has 0 aromatic rings. The highest BCUT2D eigenvalue weighted by molar-refractivity contribution is 5.67. The van der Waals surface area contributed by atoms with Crippen LogP contribution in [0.2, 0.25) is 0 Å². The summed E-state index contributed by atoms with van der Waals surface area (Å²) >= 11 is 0. The molecule has 1 aliphatic rings. The maximum absolute atomic E-state index is 10.9. The van der Waals surface area contributed by atoms with Gasteiger partial charge in [0.25, 0.3) is 0 Å². The quantitative estimate of drug-likeness (QED) is 0.615. The van der Waals surface area contributed by atoms with E-state index in [1.165, 1.54) is 13.8 Å². The lowest BCUT2D eigenvalue weighted by Crippen LogP contribution is -2.48. The van der Waals surface area contributed by atoms with E-state index in [0.29, 0.717) is 13.0 Å². The molecular weight excluding hydrogens is 198 g/mol. The van der Waals surface area contributed by atoms with E-state index in [9.17, 15) is 9.59 Å². The zero-order valence-corrected chi connectivity index (χ0v) is 9.36. The van der Waals surface area contributed by atoms with Crippen molar-refractivity contribution in [3.8, 4) is 0 Å². The number of likely N-dealkylation sites (N-methyl/N-ethyl adjacent to an activating group) is 1. The van der Waals surface area contributed by atoms with Crippen LogP contribution < -0.4 is 0 Å². The Balaban J connectivity index is 2.57. The van der Waals surface area contributed by atoms with Gasteiger partial charge in [0, 0.05) is 33.4 Å². The number of carbonyl (C=O) groups excluding carboxylic acids is 2. The van der Waals surface area contributed by atoms with Gasteiger partial charge in [-0.2, -0.15) is 0 Å². The maximum atomic E-state index is 10.9. The second kappa shape index (κ2) is 5.11. The molecule has 0 amide bonds. The molecule has 1 saturated heterocycles. The van der Waals surface area contributed by atoms with Gasteiger partial charge < -0.3 is 14.4 Å². The van der Waals surface area contributed by atoms with Gasteiger partial charge in [-0.25, -0.2) is 0 Å². The van der Waals surface area contributed by atoms with E-state index in [2.05, 4.69) is 0 Å². The van der Waals surface area contributed by atoms with E-state index in [4.69, 9.17) is 9.47 Å². The summed E-state index contributed by atoms with van der Waals surface area (Å²) in [7, 11) is 1.94. The molecule has 5 heteroatoms. The van der Waals surface area contributed by atoms with Gasteiger partial charge in [0.15, 0.2) is 6.10 Å². The van der Waals surface area contributed by atoms with Crippen molar-refractivity contribution in [1.82, 2.24) is 4.90 Å². The van der Waals surface area contributed by atoms with Crippen molar-refractivity contribution >= 4 is 11.9 Å². The Hall–Kier alpha value is -1.10. The summed E-state index contributed by atoms with van der Waals surface area (Å²) in [5.41, 5.74) is 0. The molecular formula is C10H17NO4. The van der Waals surface area contributed by atoms with Crippen molar-refractivity contribution in [2.24, 2.45) is 0 Å². The Kier molecular flexibility index (Phi) is 4.08. The molecule has 5 nitrogen and oxygen atoms in total. The summed E-state index contributed by atoms with van der Waals surface area (Å²) in [5, 5.41) is 0. The van der Waals surface area contributed by atoms with E-state index < -0.39 is 0 Å². The molecule has 0 aliphatic carbocycles. The van der Waals surface area contributed by atoms with E-state index in [1.807, 2.05) is 11.9 Å². The SMILES string of the molecule is CC(=O)O[C@H]1CCN(C)C[C@@H]1OC(C)=O. The molecule has 0 bridgehead atoms. The normalized spacial score (nSPS) is 27.1. The van der Waals surface area contributed by atoms with E-state index in [1.54, 1.807) is 0 Å². The second-order valence-corrected chi connectivity index (χ2v) is 3.85. The maximum Gasteiger partial charge on any atom is 0.303 e. The molecule has 0 spiro atoms. The number of hydrogen-bond donors (Lipinski definition) is 0. The monoisotopic (exact) mass is 215 g/mol. The van der Waals surface area contributed by atoms with Crippen LogP contribution in [0.1, 0.15) is 20.3 Å². The van der Waals surface area contributed by atoms with Crippen LogP contribution in [-0.4, -0.2) is 49.2 Å². The topological polar surface area (TPSA) is 55.8 Å². The van der Waals surface area contributed by atoms with Gasteiger partial charge in [0.05, 0.1) is 0 Å². The van der Waals surface area contributed by atoms with Gasteiger partial charge in [-0.1, -0.05) is 0 Å². The number of likely N-dealkylation sites (tertiary alicyclic amines) is 1. The predicted octanol–water partition coefficient (Wildman–Crippen LogP) is 0.185. The van der Waals surface area contributed by atoms with Crippen LogP contribution in [-0.2, 0) is 19.1 Å². The number of hydrogen-bond acceptors (Lipinski definition) is 5. The minimum Gasteiger partial charge on any atom is -0.459 e. The first-order valence-corrected chi connectivity index (χ1v) is 5.02. The molecule has 1 fully saturated rings. The number of piperidine rings is 1. The van der Waals surface area contributed by atoms with Crippen molar-refractivity contribution < 1.29 is 19.1 Å². The highest BCUT2D eigenvalue weighted by Gasteiger charge is 2.32. The Labute approximate surface area is 89.3 Å². The van der Waals surface area contributed by atoms with E-state index in [0.717, 1.165) is 6.54 Å². The largest absolute Gasteiger partial charge is 0.459 e. The number of carbonyl (C=O) groups is 2. The van der Waals surface area contributed by atoms with Gasteiger partial charge >= 0.3 is 11.9 Å². The third-order valence-electron chi connectivity index (χ3n) is 2.34. The summed E-state index contributed by atoms with van der Waals surface area (Å²) in [5.74, 6) is -0.672. The van der Waals surface area contributed by atoms with Crippen LogP contribution >= 0.6 is 0 Å². The molecule has 1 aliphatic heterocycles. The lowest BCUT2D eigenvalue weighted by atomic mass is 10.1. The number of nitrogens with zero attached hydrogens (tertiary/aromatic N) is 1. The van der Waals surface area contributed by atoms with Crippen molar-refractivity contribution in [3.63, 3.8) is 0 Å². The molecule has 0 saturated carbocycles. The summed E-state index contributed by atoms with van der Waals surface area (Å²) in [4.78, 5) is 23.8. The molecule has 0 N–H and O–H groups in total. The average Bonchev–Trinajstić information content (AvgIpc) is 2.08. The van der Waals surface area contributed by atoms with E-state index >= 15 is 0 Å². The number of rotatable bonds is 2. The van der Waals surface area contributed by atoms with Crippen LogP contribution in [0, 0.1) is 0 Å². The zero-order valence-electron chi connectivity index (χ0n) is 9.36. The smallest absolute Gasteiger partial charge is 0.303 e. The Morgan fingerprint density at radius 1 is 1.13 bits per heavy atom. The van der Waals surface area contributed by atoms with Crippen molar-refractivity contribution in [2.75, 3.05) is 20.1 Å². The average molecular weight is 215 g/mol. The zero-order chi connectivity index (χ0) is 11.4. The van der Waals surface area contributed by atoms with Crippen LogP contribution in [0.5, 0.6) is 0 Å². The molecule has 1 heterocycles. The van der Waals surface area contributed by atoms with Crippen molar-refractivity contribution in [2.45, 2.75) is 32.5 Å². The Morgan fingerprint density at radius 3 is 2.20 bits per heavy atom. The van der Waals surface area contributed by atoms with Gasteiger partial charge in [-0.05, 0) is 7.05 Å². The highest BCUT2D eigenvalue weighted by atomic mass is 16.6. The van der Waals surface area contributed by atoms with Crippen LogP contribution in [0.4, 0.5) is 0 Å². The molecule has 2 atom stereocenters. The lowest BCUT2D eigenvalue weighted by Gasteiger charge is -2.35. The minimum atomic E-state index is -0.342. The molecule has 15 heavy (non-hydrogen) atoms. The first kappa shape index (κ1) is 12.0. The standard InChI is InChI=1S/C10H17NO4/c1-7(12)14-9-4-5-11(3)6-10(9)15-8(2)13/h9-10H,4-6H2,1-3H3/t9-,10-/m0/s1. The molecule has 86 valence electrons. The lowest BCUT2D eigenvalue weighted by molar-refractivity contribution is -0.170. The Bertz CT molecular complexity index is 254. The number of esters is 2. The Morgan fingerprint density at radius 2 is 1.67 bits per heavy atom. The summed E-state index contributed by atoms with van der Waals surface area (Å²) < 4.78 is 10.2. The molecule has 1 rings (SSSR count). The van der Waals surface area contributed by atoms with Crippen molar-refractivity contribution in [3.05, 3.63) is 0 Å². The molecule has 0 unspecified atom stereocenters. The van der Waals surface area contributed by atoms with Crippen LogP contribution in [0.3, 0.4) is 0 Å². The second-order valence-electron chi connectivity index (χ2n) is 3.85. The van der Waals surface area contributed by atoms with E-state index in [-0.39, 0.29) is 24.1 Å². The predicted molar refractivity (Wildman–Crippen MR) is 53.2 cm³/mol. The fourth-order valence-corrected chi connectivity index (χ4v) is 1.72. The minimum absolute atomic E-state index is 0.303. The first-order chi connectivity index (χ1) is 6.99. The molecule has 0 aromatic heterocycles. The highest BCUT2D eigenvalue weighted by Crippen LogP contribution is 2.16.